The minimum absolute atomic E-state index is 0.00913. The molecule has 3 rings (SSSR count). The molecule has 2 fully saturated rings. The number of aryl methyl sites for hydroxylation is 1. The monoisotopic (exact) mass is 329 g/mol. The Labute approximate surface area is 141 Å². The fourth-order valence-corrected chi connectivity index (χ4v) is 3.52. The van der Waals surface area contributed by atoms with Gasteiger partial charge in [0.05, 0.1) is 0 Å². The molecule has 1 spiro atoms. The SMILES string of the molecule is CCCN1C(=O)NC2(CCN(C(=O)c3ccccc3C)CC2)C1=O. The van der Waals surface area contributed by atoms with Crippen molar-refractivity contribution < 1.29 is 14.4 Å². The first-order valence-electron chi connectivity index (χ1n) is 8.47. The molecule has 6 heteroatoms. The van der Waals surface area contributed by atoms with Gasteiger partial charge in [0.2, 0.25) is 0 Å². The summed E-state index contributed by atoms with van der Waals surface area (Å²) < 4.78 is 0. The molecule has 1 aromatic carbocycles. The zero-order valence-corrected chi connectivity index (χ0v) is 14.2. The predicted molar refractivity (Wildman–Crippen MR) is 89.6 cm³/mol. The van der Waals surface area contributed by atoms with Crippen LogP contribution >= 0.6 is 0 Å². The standard InChI is InChI=1S/C18H23N3O3/c1-3-10-21-16(23)18(19-17(21)24)8-11-20(12-9-18)15(22)14-7-5-4-6-13(14)2/h4-7H,3,8-12H2,1-2H3,(H,19,24). The smallest absolute Gasteiger partial charge is 0.325 e. The van der Waals surface area contributed by atoms with E-state index in [0.717, 1.165) is 12.0 Å². The summed E-state index contributed by atoms with van der Waals surface area (Å²) in [5.41, 5.74) is 0.819. The summed E-state index contributed by atoms with van der Waals surface area (Å²) in [5, 5.41) is 2.86. The Morgan fingerprint density at radius 1 is 1.21 bits per heavy atom. The third kappa shape index (κ3) is 2.66. The molecule has 0 radical (unpaired) electrons. The second-order valence-electron chi connectivity index (χ2n) is 6.58. The third-order valence-corrected chi connectivity index (χ3v) is 4.97. The lowest BCUT2D eigenvalue weighted by atomic mass is 9.87. The van der Waals surface area contributed by atoms with E-state index in [1.165, 1.54) is 4.90 Å². The van der Waals surface area contributed by atoms with Crippen LogP contribution in [0.2, 0.25) is 0 Å². The summed E-state index contributed by atoms with van der Waals surface area (Å²) in [6.45, 7) is 5.24. The van der Waals surface area contributed by atoms with Crippen molar-refractivity contribution in [1.29, 1.82) is 0 Å². The zero-order valence-electron chi connectivity index (χ0n) is 14.2. The fraction of sp³-hybridized carbons (Fsp3) is 0.500. The maximum atomic E-state index is 12.7. The van der Waals surface area contributed by atoms with Crippen LogP contribution in [0.1, 0.15) is 42.1 Å². The minimum atomic E-state index is -0.825. The molecule has 0 saturated carbocycles. The minimum Gasteiger partial charge on any atom is -0.338 e. The number of nitrogens with one attached hydrogen (secondary N) is 1. The Morgan fingerprint density at radius 2 is 1.88 bits per heavy atom. The van der Waals surface area contributed by atoms with Gasteiger partial charge in [0, 0.05) is 25.2 Å². The normalized spacial score (nSPS) is 19.8. The summed E-state index contributed by atoms with van der Waals surface area (Å²) in [6.07, 6.45) is 1.68. The predicted octanol–water partition coefficient (Wildman–Crippen LogP) is 1.93. The molecule has 0 bridgehead atoms. The van der Waals surface area contributed by atoms with Crippen molar-refractivity contribution >= 4 is 17.8 Å². The van der Waals surface area contributed by atoms with E-state index in [-0.39, 0.29) is 17.8 Å². The third-order valence-electron chi connectivity index (χ3n) is 4.97. The number of nitrogens with zero attached hydrogens (tertiary/aromatic N) is 2. The average Bonchev–Trinajstić information content (AvgIpc) is 2.80. The largest absolute Gasteiger partial charge is 0.338 e. The number of amides is 4. The zero-order chi connectivity index (χ0) is 17.3. The Kier molecular flexibility index (Phi) is 4.30. The Hall–Kier alpha value is -2.37. The summed E-state index contributed by atoms with van der Waals surface area (Å²) in [5.74, 6) is -0.150. The number of hydrogen-bond acceptors (Lipinski definition) is 3. The van der Waals surface area contributed by atoms with E-state index in [2.05, 4.69) is 5.32 Å². The summed E-state index contributed by atoms with van der Waals surface area (Å²) in [4.78, 5) is 40.4. The van der Waals surface area contributed by atoms with Crippen molar-refractivity contribution in [1.82, 2.24) is 15.1 Å². The van der Waals surface area contributed by atoms with Crippen LogP contribution in [0.3, 0.4) is 0 Å². The number of piperidine rings is 1. The Balaban J connectivity index is 1.70. The van der Waals surface area contributed by atoms with Gasteiger partial charge in [0.25, 0.3) is 11.8 Å². The highest BCUT2D eigenvalue weighted by atomic mass is 16.2. The van der Waals surface area contributed by atoms with Crippen LogP contribution in [0.4, 0.5) is 4.79 Å². The van der Waals surface area contributed by atoms with Crippen molar-refractivity contribution in [2.45, 2.75) is 38.6 Å². The van der Waals surface area contributed by atoms with Crippen LogP contribution in [-0.2, 0) is 4.79 Å². The van der Waals surface area contributed by atoms with Crippen molar-refractivity contribution in [3.05, 3.63) is 35.4 Å². The Bertz CT molecular complexity index is 678. The molecule has 0 atom stereocenters. The molecule has 0 aromatic heterocycles. The first kappa shape index (κ1) is 16.5. The maximum Gasteiger partial charge on any atom is 0.325 e. The van der Waals surface area contributed by atoms with E-state index in [4.69, 9.17) is 0 Å². The second-order valence-corrected chi connectivity index (χ2v) is 6.58. The van der Waals surface area contributed by atoms with E-state index in [1.807, 2.05) is 38.1 Å². The molecule has 128 valence electrons. The molecule has 2 aliphatic heterocycles. The molecular formula is C18H23N3O3. The van der Waals surface area contributed by atoms with Crippen molar-refractivity contribution in [3.63, 3.8) is 0 Å². The molecule has 1 aromatic rings. The second kappa shape index (κ2) is 6.26. The van der Waals surface area contributed by atoms with Gasteiger partial charge in [0.15, 0.2) is 0 Å². The molecule has 6 nitrogen and oxygen atoms in total. The van der Waals surface area contributed by atoms with Crippen molar-refractivity contribution in [2.24, 2.45) is 0 Å². The van der Waals surface area contributed by atoms with E-state index < -0.39 is 5.54 Å². The number of benzene rings is 1. The van der Waals surface area contributed by atoms with E-state index in [9.17, 15) is 14.4 Å². The fourth-order valence-electron chi connectivity index (χ4n) is 3.52. The van der Waals surface area contributed by atoms with E-state index in [1.54, 1.807) is 4.90 Å². The van der Waals surface area contributed by atoms with Crippen LogP contribution < -0.4 is 5.32 Å². The number of carbonyl (C=O) groups excluding carboxylic acids is 3. The van der Waals surface area contributed by atoms with Gasteiger partial charge in [-0.05, 0) is 37.8 Å². The van der Waals surface area contributed by atoms with Crippen LogP contribution in [0.15, 0.2) is 24.3 Å². The highest BCUT2D eigenvalue weighted by Gasteiger charge is 2.52. The lowest BCUT2D eigenvalue weighted by molar-refractivity contribution is -0.132. The summed E-state index contributed by atoms with van der Waals surface area (Å²) in [7, 11) is 0. The molecule has 0 unspecified atom stereocenters. The summed E-state index contributed by atoms with van der Waals surface area (Å²) >= 11 is 0. The van der Waals surface area contributed by atoms with Gasteiger partial charge < -0.3 is 10.2 Å². The van der Waals surface area contributed by atoms with Crippen LogP contribution in [-0.4, -0.2) is 52.8 Å². The highest BCUT2D eigenvalue weighted by molar-refractivity contribution is 6.07. The number of carbonyl (C=O) groups is 3. The summed E-state index contributed by atoms with van der Waals surface area (Å²) in [6, 6.07) is 7.21. The lowest BCUT2D eigenvalue weighted by Gasteiger charge is -2.37. The first-order chi connectivity index (χ1) is 11.5. The van der Waals surface area contributed by atoms with Crippen molar-refractivity contribution in [3.8, 4) is 0 Å². The van der Waals surface area contributed by atoms with Gasteiger partial charge in [-0.2, -0.15) is 0 Å². The van der Waals surface area contributed by atoms with E-state index >= 15 is 0 Å². The first-order valence-corrected chi connectivity index (χ1v) is 8.47. The van der Waals surface area contributed by atoms with Gasteiger partial charge in [-0.15, -0.1) is 0 Å². The quantitative estimate of drug-likeness (QED) is 0.862. The van der Waals surface area contributed by atoms with Gasteiger partial charge >= 0.3 is 6.03 Å². The van der Waals surface area contributed by atoms with Crippen molar-refractivity contribution in [2.75, 3.05) is 19.6 Å². The average molecular weight is 329 g/mol. The van der Waals surface area contributed by atoms with Gasteiger partial charge in [-0.3, -0.25) is 14.5 Å². The molecule has 2 aliphatic rings. The molecule has 0 aliphatic carbocycles. The molecule has 1 N–H and O–H groups in total. The number of likely N-dealkylation sites (tertiary alicyclic amines) is 1. The maximum absolute atomic E-state index is 12.7. The number of urea groups is 1. The Morgan fingerprint density at radius 3 is 2.50 bits per heavy atom. The molecule has 4 amide bonds. The number of imide groups is 1. The highest BCUT2D eigenvalue weighted by Crippen LogP contribution is 2.30. The van der Waals surface area contributed by atoms with Crippen LogP contribution in [0.25, 0.3) is 0 Å². The molecule has 24 heavy (non-hydrogen) atoms. The van der Waals surface area contributed by atoms with Gasteiger partial charge in [-0.1, -0.05) is 25.1 Å². The van der Waals surface area contributed by atoms with Gasteiger partial charge in [0.1, 0.15) is 5.54 Å². The van der Waals surface area contributed by atoms with E-state index in [0.29, 0.717) is 38.0 Å². The van der Waals surface area contributed by atoms with Gasteiger partial charge in [-0.25, -0.2) is 4.79 Å². The molecular weight excluding hydrogens is 306 g/mol. The lowest BCUT2D eigenvalue weighted by Crippen LogP contribution is -2.56. The molecule has 2 heterocycles. The van der Waals surface area contributed by atoms with Crippen LogP contribution in [0, 0.1) is 6.92 Å². The molecule has 2 saturated heterocycles. The number of hydrogen-bond donors (Lipinski definition) is 1. The van der Waals surface area contributed by atoms with Crippen LogP contribution in [0.5, 0.6) is 0 Å². The number of rotatable bonds is 3. The topological polar surface area (TPSA) is 69.7 Å².